The van der Waals surface area contributed by atoms with Gasteiger partial charge in [-0.2, -0.15) is 0 Å². The van der Waals surface area contributed by atoms with Crippen molar-refractivity contribution in [1.29, 1.82) is 0 Å². The molecule has 0 fully saturated rings. The van der Waals surface area contributed by atoms with Crippen molar-refractivity contribution in [2.24, 2.45) is 0 Å². The molecular formula is C20H15BrO. The molecule has 0 radical (unpaired) electrons. The van der Waals surface area contributed by atoms with Gasteiger partial charge in [-0.15, -0.1) is 0 Å². The number of hydrogen-bond donors (Lipinski definition) is 0. The molecule has 0 aliphatic heterocycles. The smallest absolute Gasteiger partial charge is 0.193 e. The summed E-state index contributed by atoms with van der Waals surface area (Å²) in [5.41, 5.74) is 4.70. The van der Waals surface area contributed by atoms with Crippen LogP contribution in [-0.2, 0) is 5.33 Å². The fourth-order valence-electron chi connectivity index (χ4n) is 2.45. The topological polar surface area (TPSA) is 17.1 Å². The van der Waals surface area contributed by atoms with Crippen LogP contribution in [0.1, 0.15) is 21.5 Å². The average Bonchev–Trinajstić information content (AvgIpc) is 2.62. The minimum absolute atomic E-state index is 0.0563. The number of benzene rings is 3. The van der Waals surface area contributed by atoms with Crippen LogP contribution >= 0.6 is 15.9 Å². The number of carbonyl (C=O) groups excluding carboxylic acids is 1. The van der Waals surface area contributed by atoms with E-state index < -0.39 is 0 Å². The zero-order valence-corrected chi connectivity index (χ0v) is 13.6. The summed E-state index contributed by atoms with van der Waals surface area (Å²) in [6, 6.07) is 25.5. The molecule has 1 nitrogen and oxygen atoms in total. The molecule has 0 aliphatic rings. The van der Waals surface area contributed by atoms with Crippen molar-refractivity contribution in [1.82, 2.24) is 0 Å². The second-order valence-corrected chi connectivity index (χ2v) is 5.63. The molecule has 3 aromatic rings. The Morgan fingerprint density at radius 2 is 1.41 bits per heavy atom. The number of ketones is 1. The van der Waals surface area contributed by atoms with Crippen LogP contribution in [0.2, 0.25) is 0 Å². The number of alkyl halides is 1. The lowest BCUT2D eigenvalue weighted by Crippen LogP contribution is -2.03. The normalized spacial score (nSPS) is 10.4. The van der Waals surface area contributed by atoms with E-state index >= 15 is 0 Å². The van der Waals surface area contributed by atoms with Gasteiger partial charge in [-0.1, -0.05) is 94.8 Å². The van der Waals surface area contributed by atoms with E-state index in [0.717, 1.165) is 22.0 Å². The van der Waals surface area contributed by atoms with E-state index in [1.54, 1.807) is 0 Å². The van der Waals surface area contributed by atoms with Gasteiger partial charge in [0.25, 0.3) is 0 Å². The van der Waals surface area contributed by atoms with Gasteiger partial charge in [0.05, 0.1) is 0 Å². The highest BCUT2D eigenvalue weighted by atomic mass is 79.9. The zero-order valence-electron chi connectivity index (χ0n) is 12.0. The molecule has 0 saturated carbocycles. The van der Waals surface area contributed by atoms with Crippen LogP contribution in [0.3, 0.4) is 0 Å². The Bertz CT molecular complexity index is 776. The average molecular weight is 351 g/mol. The van der Waals surface area contributed by atoms with Gasteiger partial charge in [0, 0.05) is 16.5 Å². The van der Waals surface area contributed by atoms with Crippen LogP contribution in [0.5, 0.6) is 0 Å². The van der Waals surface area contributed by atoms with Crippen LogP contribution in [0.4, 0.5) is 0 Å². The van der Waals surface area contributed by atoms with Gasteiger partial charge in [-0.05, 0) is 16.7 Å². The summed E-state index contributed by atoms with van der Waals surface area (Å²) in [6.07, 6.45) is 0. The zero-order chi connectivity index (χ0) is 15.4. The molecule has 22 heavy (non-hydrogen) atoms. The van der Waals surface area contributed by atoms with Crippen molar-refractivity contribution >= 4 is 21.7 Å². The molecule has 3 rings (SSSR count). The molecule has 0 aromatic heterocycles. The molecule has 0 saturated heterocycles. The molecule has 108 valence electrons. The Balaban J connectivity index is 2.04. The van der Waals surface area contributed by atoms with Crippen molar-refractivity contribution in [3.05, 3.63) is 95.6 Å². The summed E-state index contributed by atoms with van der Waals surface area (Å²) >= 11 is 3.45. The first-order chi connectivity index (χ1) is 10.8. The Labute approximate surface area is 138 Å². The highest BCUT2D eigenvalue weighted by Crippen LogP contribution is 2.26. The van der Waals surface area contributed by atoms with Crippen LogP contribution in [-0.4, -0.2) is 5.78 Å². The number of carbonyl (C=O) groups is 1. The van der Waals surface area contributed by atoms with Gasteiger partial charge >= 0.3 is 0 Å². The Morgan fingerprint density at radius 3 is 2.09 bits per heavy atom. The standard InChI is InChI=1S/C20H15BrO/c21-14-15-10-12-16(13-11-15)18-8-4-5-9-19(18)20(22)17-6-2-1-3-7-17/h1-13H,14H2. The Morgan fingerprint density at radius 1 is 0.773 bits per heavy atom. The van der Waals surface area contributed by atoms with Crippen molar-refractivity contribution in [2.75, 3.05) is 0 Å². The lowest BCUT2D eigenvalue weighted by atomic mass is 9.93. The predicted molar refractivity (Wildman–Crippen MR) is 94.4 cm³/mol. The minimum Gasteiger partial charge on any atom is -0.289 e. The molecule has 3 aromatic carbocycles. The van der Waals surface area contributed by atoms with E-state index in [1.807, 2.05) is 54.6 Å². The SMILES string of the molecule is O=C(c1ccccc1)c1ccccc1-c1ccc(CBr)cc1. The van der Waals surface area contributed by atoms with Gasteiger partial charge in [0.2, 0.25) is 0 Å². The summed E-state index contributed by atoms with van der Waals surface area (Å²) in [4.78, 5) is 12.8. The fraction of sp³-hybridized carbons (Fsp3) is 0.0500. The van der Waals surface area contributed by atoms with Gasteiger partial charge < -0.3 is 0 Å². The van der Waals surface area contributed by atoms with Crippen molar-refractivity contribution < 1.29 is 4.79 Å². The quantitative estimate of drug-likeness (QED) is 0.449. The Hall–Kier alpha value is -2.19. The number of halogens is 1. The summed E-state index contributed by atoms with van der Waals surface area (Å²) < 4.78 is 0. The monoisotopic (exact) mass is 350 g/mol. The highest BCUT2D eigenvalue weighted by molar-refractivity contribution is 9.08. The van der Waals surface area contributed by atoms with Crippen LogP contribution in [0.15, 0.2) is 78.9 Å². The van der Waals surface area contributed by atoms with E-state index in [0.29, 0.717) is 5.56 Å². The van der Waals surface area contributed by atoms with E-state index in [2.05, 4.69) is 40.2 Å². The number of rotatable bonds is 4. The maximum Gasteiger partial charge on any atom is 0.193 e. The molecule has 0 heterocycles. The first-order valence-corrected chi connectivity index (χ1v) is 8.26. The summed E-state index contributed by atoms with van der Waals surface area (Å²) in [5, 5.41) is 0.831. The summed E-state index contributed by atoms with van der Waals surface area (Å²) in [5.74, 6) is 0.0563. The van der Waals surface area contributed by atoms with Crippen LogP contribution in [0, 0.1) is 0 Å². The predicted octanol–water partition coefficient (Wildman–Crippen LogP) is 5.48. The van der Waals surface area contributed by atoms with Gasteiger partial charge in [-0.25, -0.2) is 0 Å². The highest BCUT2D eigenvalue weighted by Gasteiger charge is 2.13. The maximum absolute atomic E-state index is 12.8. The maximum atomic E-state index is 12.8. The minimum atomic E-state index is 0.0563. The molecule has 0 spiro atoms. The first-order valence-electron chi connectivity index (χ1n) is 7.13. The third kappa shape index (κ3) is 3.02. The third-order valence-corrected chi connectivity index (χ3v) is 4.27. The first kappa shape index (κ1) is 14.7. The molecule has 0 atom stereocenters. The van der Waals surface area contributed by atoms with Crippen LogP contribution in [0.25, 0.3) is 11.1 Å². The van der Waals surface area contributed by atoms with Crippen molar-refractivity contribution in [2.45, 2.75) is 5.33 Å². The van der Waals surface area contributed by atoms with E-state index in [9.17, 15) is 4.79 Å². The molecule has 0 amide bonds. The summed E-state index contributed by atoms with van der Waals surface area (Å²) in [7, 11) is 0. The van der Waals surface area contributed by atoms with Crippen molar-refractivity contribution in [3.8, 4) is 11.1 Å². The molecule has 0 N–H and O–H groups in total. The molecule has 2 heteroatoms. The second kappa shape index (κ2) is 6.71. The Kier molecular flexibility index (Phi) is 4.50. The van der Waals surface area contributed by atoms with Gasteiger partial charge in [0.15, 0.2) is 5.78 Å². The van der Waals surface area contributed by atoms with E-state index in [4.69, 9.17) is 0 Å². The third-order valence-electron chi connectivity index (χ3n) is 3.63. The lowest BCUT2D eigenvalue weighted by molar-refractivity contribution is 0.103. The summed E-state index contributed by atoms with van der Waals surface area (Å²) in [6.45, 7) is 0. The second-order valence-electron chi connectivity index (χ2n) is 5.07. The largest absolute Gasteiger partial charge is 0.289 e. The molecule has 0 bridgehead atoms. The molecular weight excluding hydrogens is 336 g/mol. The molecule has 0 aliphatic carbocycles. The van der Waals surface area contributed by atoms with Gasteiger partial charge in [-0.3, -0.25) is 4.79 Å². The molecule has 0 unspecified atom stereocenters. The van der Waals surface area contributed by atoms with E-state index in [-0.39, 0.29) is 5.78 Å². The van der Waals surface area contributed by atoms with E-state index in [1.165, 1.54) is 5.56 Å². The number of hydrogen-bond acceptors (Lipinski definition) is 1. The lowest BCUT2D eigenvalue weighted by Gasteiger charge is -2.09. The van der Waals surface area contributed by atoms with Crippen LogP contribution < -0.4 is 0 Å². The fourth-order valence-corrected chi connectivity index (χ4v) is 2.83. The van der Waals surface area contributed by atoms with Crippen molar-refractivity contribution in [3.63, 3.8) is 0 Å². The van der Waals surface area contributed by atoms with Gasteiger partial charge in [0.1, 0.15) is 0 Å².